The summed E-state index contributed by atoms with van der Waals surface area (Å²) in [5, 5.41) is 10.2. The van der Waals surface area contributed by atoms with Crippen LogP contribution in [0.3, 0.4) is 0 Å². The van der Waals surface area contributed by atoms with Gasteiger partial charge in [0.05, 0.1) is 7.11 Å². The maximum absolute atomic E-state index is 10.2. The molecular formula is C25H36N2O2. The molecule has 0 atom stereocenters. The van der Waals surface area contributed by atoms with Gasteiger partial charge in [0.2, 0.25) is 0 Å². The number of likely N-dealkylation sites (tertiary alicyclic amines) is 1. The van der Waals surface area contributed by atoms with Gasteiger partial charge in [-0.3, -0.25) is 4.90 Å². The average Bonchev–Trinajstić information content (AvgIpc) is 2.75. The van der Waals surface area contributed by atoms with E-state index >= 15 is 0 Å². The first-order chi connectivity index (χ1) is 14.1. The monoisotopic (exact) mass is 396 g/mol. The van der Waals surface area contributed by atoms with Crippen LogP contribution in [0.15, 0.2) is 42.5 Å². The Kier molecular flexibility index (Phi) is 7.96. The Morgan fingerprint density at radius 2 is 1.86 bits per heavy atom. The van der Waals surface area contributed by atoms with Crippen molar-refractivity contribution in [3.63, 3.8) is 0 Å². The van der Waals surface area contributed by atoms with Gasteiger partial charge in [-0.05, 0) is 81.1 Å². The molecule has 0 unspecified atom stereocenters. The molecule has 29 heavy (non-hydrogen) atoms. The molecule has 0 aromatic heterocycles. The molecule has 2 aromatic carbocycles. The normalized spacial score (nSPS) is 15.7. The Labute approximate surface area is 176 Å². The minimum Gasteiger partial charge on any atom is -0.508 e. The minimum absolute atomic E-state index is 0.357. The van der Waals surface area contributed by atoms with Crippen LogP contribution < -0.4 is 4.74 Å². The number of hydrogen-bond donors (Lipinski definition) is 1. The summed E-state index contributed by atoms with van der Waals surface area (Å²) in [5.74, 6) is 1.89. The quantitative estimate of drug-likeness (QED) is 0.678. The van der Waals surface area contributed by atoms with Gasteiger partial charge in [-0.2, -0.15) is 0 Å². The smallest absolute Gasteiger partial charge is 0.120 e. The van der Waals surface area contributed by atoms with Gasteiger partial charge >= 0.3 is 0 Å². The fourth-order valence-corrected chi connectivity index (χ4v) is 4.29. The van der Waals surface area contributed by atoms with Crippen molar-refractivity contribution in [2.75, 3.05) is 39.8 Å². The van der Waals surface area contributed by atoms with Crippen LogP contribution in [-0.2, 0) is 13.0 Å². The Morgan fingerprint density at radius 1 is 1.10 bits per heavy atom. The van der Waals surface area contributed by atoms with E-state index in [0.717, 1.165) is 49.8 Å². The van der Waals surface area contributed by atoms with Gasteiger partial charge in [0, 0.05) is 25.2 Å². The molecule has 1 aliphatic rings. The first-order valence-corrected chi connectivity index (χ1v) is 10.9. The second kappa shape index (κ2) is 10.7. The number of methoxy groups -OCH3 is 1. The van der Waals surface area contributed by atoms with Gasteiger partial charge in [0.15, 0.2) is 0 Å². The molecule has 0 aliphatic carbocycles. The topological polar surface area (TPSA) is 35.9 Å². The number of aromatic hydroxyl groups is 1. The second-order valence-corrected chi connectivity index (χ2v) is 8.28. The molecule has 0 saturated carbocycles. The summed E-state index contributed by atoms with van der Waals surface area (Å²) in [6, 6.07) is 14.2. The van der Waals surface area contributed by atoms with Crippen molar-refractivity contribution < 1.29 is 9.84 Å². The molecule has 1 saturated heterocycles. The van der Waals surface area contributed by atoms with Crippen LogP contribution in [0.4, 0.5) is 0 Å². The number of phenols is 1. The summed E-state index contributed by atoms with van der Waals surface area (Å²) in [7, 11) is 1.67. The molecule has 1 heterocycles. The predicted octanol–water partition coefficient (Wildman–Crippen LogP) is 4.49. The van der Waals surface area contributed by atoms with E-state index in [1.165, 1.54) is 37.1 Å². The third-order valence-corrected chi connectivity index (χ3v) is 6.31. The number of ether oxygens (including phenoxy) is 1. The first kappa shape index (κ1) is 21.7. The second-order valence-electron chi connectivity index (χ2n) is 8.28. The maximum Gasteiger partial charge on any atom is 0.120 e. The number of hydrogen-bond acceptors (Lipinski definition) is 4. The zero-order valence-electron chi connectivity index (χ0n) is 18.2. The lowest BCUT2D eigenvalue weighted by Crippen LogP contribution is -2.39. The van der Waals surface area contributed by atoms with Crippen molar-refractivity contribution in [1.82, 2.24) is 9.80 Å². The van der Waals surface area contributed by atoms with E-state index in [0.29, 0.717) is 5.75 Å². The highest BCUT2D eigenvalue weighted by Gasteiger charge is 2.21. The highest BCUT2D eigenvalue weighted by Crippen LogP contribution is 2.26. The van der Waals surface area contributed by atoms with E-state index < -0.39 is 0 Å². The maximum atomic E-state index is 10.2. The number of phenolic OH excluding ortho intramolecular Hbond substituents is 1. The van der Waals surface area contributed by atoms with E-state index in [4.69, 9.17) is 4.74 Å². The average molecular weight is 397 g/mol. The van der Waals surface area contributed by atoms with Crippen molar-refractivity contribution in [3.8, 4) is 11.5 Å². The molecule has 2 aromatic rings. The third kappa shape index (κ3) is 6.22. The highest BCUT2D eigenvalue weighted by molar-refractivity contribution is 5.39. The summed E-state index contributed by atoms with van der Waals surface area (Å²) in [6.45, 7) is 10.8. The lowest BCUT2D eigenvalue weighted by molar-refractivity contribution is 0.143. The van der Waals surface area contributed by atoms with Crippen LogP contribution in [0, 0.1) is 12.8 Å². The van der Waals surface area contributed by atoms with Crippen molar-refractivity contribution >= 4 is 0 Å². The van der Waals surface area contributed by atoms with Gasteiger partial charge in [-0.25, -0.2) is 0 Å². The predicted molar refractivity (Wildman–Crippen MR) is 120 cm³/mol. The van der Waals surface area contributed by atoms with Crippen LogP contribution in [-0.4, -0.2) is 54.7 Å². The lowest BCUT2D eigenvalue weighted by Gasteiger charge is -2.35. The lowest BCUT2D eigenvalue weighted by atomic mass is 9.95. The number of nitrogens with zero attached hydrogens (tertiary/aromatic N) is 2. The Hall–Kier alpha value is -2.04. The van der Waals surface area contributed by atoms with Gasteiger partial charge in [0.25, 0.3) is 0 Å². The summed E-state index contributed by atoms with van der Waals surface area (Å²) < 4.78 is 5.31. The molecule has 0 radical (unpaired) electrons. The molecule has 0 spiro atoms. The van der Waals surface area contributed by atoms with Crippen molar-refractivity contribution in [2.45, 2.75) is 39.7 Å². The van der Waals surface area contributed by atoms with Crippen molar-refractivity contribution in [3.05, 3.63) is 59.2 Å². The molecule has 3 rings (SSSR count). The molecular weight excluding hydrogens is 360 g/mol. The van der Waals surface area contributed by atoms with Crippen LogP contribution in [0.1, 0.15) is 36.5 Å². The van der Waals surface area contributed by atoms with E-state index in [-0.39, 0.29) is 0 Å². The van der Waals surface area contributed by atoms with E-state index in [1.54, 1.807) is 13.2 Å². The van der Waals surface area contributed by atoms with Crippen LogP contribution >= 0.6 is 0 Å². The molecule has 1 N–H and O–H groups in total. The zero-order chi connectivity index (χ0) is 20.6. The fraction of sp³-hybridized carbons (Fsp3) is 0.520. The van der Waals surface area contributed by atoms with Crippen molar-refractivity contribution in [1.29, 1.82) is 0 Å². The number of rotatable bonds is 9. The van der Waals surface area contributed by atoms with Crippen LogP contribution in [0.2, 0.25) is 0 Å². The minimum atomic E-state index is 0.357. The Morgan fingerprint density at radius 3 is 2.55 bits per heavy atom. The van der Waals surface area contributed by atoms with E-state index in [2.05, 4.69) is 47.9 Å². The summed E-state index contributed by atoms with van der Waals surface area (Å²) in [4.78, 5) is 5.06. The fourth-order valence-electron chi connectivity index (χ4n) is 4.29. The van der Waals surface area contributed by atoms with Crippen LogP contribution in [0.5, 0.6) is 11.5 Å². The molecule has 0 amide bonds. The molecule has 4 nitrogen and oxygen atoms in total. The van der Waals surface area contributed by atoms with Gasteiger partial charge < -0.3 is 14.7 Å². The number of piperidine rings is 1. The summed E-state index contributed by atoms with van der Waals surface area (Å²) in [6.07, 6.45) is 3.66. The SMILES string of the molecule is CCN(Cc1cc(OC)ccc1O)CC1CCN(CCc2ccccc2C)CC1. The third-order valence-electron chi connectivity index (χ3n) is 6.31. The Balaban J connectivity index is 1.46. The number of benzene rings is 2. The number of aryl methyl sites for hydroxylation is 1. The summed E-state index contributed by atoms with van der Waals surface area (Å²) >= 11 is 0. The Bertz CT molecular complexity index is 769. The summed E-state index contributed by atoms with van der Waals surface area (Å²) in [5.41, 5.74) is 3.83. The first-order valence-electron chi connectivity index (χ1n) is 10.9. The van der Waals surface area contributed by atoms with Gasteiger partial charge in [-0.1, -0.05) is 31.2 Å². The van der Waals surface area contributed by atoms with Crippen molar-refractivity contribution in [2.24, 2.45) is 5.92 Å². The molecule has 1 aliphatic heterocycles. The van der Waals surface area contributed by atoms with Gasteiger partial charge in [0.1, 0.15) is 11.5 Å². The van der Waals surface area contributed by atoms with E-state index in [9.17, 15) is 5.11 Å². The van der Waals surface area contributed by atoms with E-state index in [1.807, 2.05) is 12.1 Å². The van der Waals surface area contributed by atoms with Crippen LogP contribution in [0.25, 0.3) is 0 Å². The standard InChI is InChI=1S/C25H36N2O2/c1-4-26(19-23-17-24(29-3)9-10-25(23)28)18-21-11-14-27(15-12-21)16-13-22-8-6-5-7-20(22)2/h5-10,17,21,28H,4,11-16,18-19H2,1-3H3. The zero-order valence-corrected chi connectivity index (χ0v) is 18.2. The molecule has 1 fully saturated rings. The molecule has 158 valence electrons. The largest absolute Gasteiger partial charge is 0.508 e. The van der Waals surface area contributed by atoms with Gasteiger partial charge in [-0.15, -0.1) is 0 Å². The molecule has 4 heteroatoms. The highest BCUT2D eigenvalue weighted by atomic mass is 16.5. The molecule has 0 bridgehead atoms.